The monoisotopic (exact) mass is 515 g/mol. The molecule has 0 aliphatic heterocycles. The van der Waals surface area contributed by atoms with Crippen molar-refractivity contribution in [2.24, 2.45) is 0 Å². The fourth-order valence-corrected chi connectivity index (χ4v) is 5.36. The Balaban J connectivity index is 1.38. The summed E-state index contributed by atoms with van der Waals surface area (Å²) in [6.45, 7) is 0. The molecule has 182 valence electrons. The summed E-state index contributed by atoms with van der Waals surface area (Å²) in [4.78, 5) is 18.3. The normalized spacial score (nSPS) is 12.1. The van der Waals surface area contributed by atoms with Crippen molar-refractivity contribution in [3.63, 3.8) is 0 Å². The third-order valence-corrected chi connectivity index (χ3v) is 7.32. The zero-order chi connectivity index (χ0) is 25.6. The Bertz CT molecular complexity index is 2060. The molecule has 4 aromatic carbocycles. The number of aromatic nitrogens is 5. The van der Waals surface area contributed by atoms with E-state index in [1.165, 1.54) is 28.0 Å². The summed E-state index contributed by atoms with van der Waals surface area (Å²) in [6, 6.07) is 30.2. The predicted octanol–water partition coefficient (Wildman–Crippen LogP) is 5.51. The quantitative estimate of drug-likeness (QED) is 0.310. The van der Waals surface area contributed by atoms with Gasteiger partial charge in [0.2, 0.25) is 4.96 Å². The second-order valence-electron chi connectivity index (χ2n) is 8.83. The van der Waals surface area contributed by atoms with Crippen molar-refractivity contribution in [2.45, 2.75) is 0 Å². The van der Waals surface area contributed by atoms with E-state index in [9.17, 15) is 9.18 Å². The molecule has 0 amide bonds. The first-order valence-electron chi connectivity index (χ1n) is 11.9. The van der Waals surface area contributed by atoms with E-state index in [2.05, 4.69) is 34.3 Å². The van der Waals surface area contributed by atoms with Crippen molar-refractivity contribution in [3.05, 3.63) is 130 Å². The maximum atomic E-state index is 13.3. The summed E-state index contributed by atoms with van der Waals surface area (Å²) in [5.41, 5.74) is 3.84. The lowest BCUT2D eigenvalue weighted by Gasteiger charge is -2.03. The van der Waals surface area contributed by atoms with Crippen LogP contribution in [0.2, 0.25) is 0 Å². The van der Waals surface area contributed by atoms with Gasteiger partial charge in [-0.25, -0.2) is 9.07 Å². The molecule has 0 aliphatic carbocycles. The van der Waals surface area contributed by atoms with Crippen molar-refractivity contribution >= 4 is 33.1 Å². The summed E-state index contributed by atoms with van der Waals surface area (Å²) in [6.07, 6.45) is 3.77. The minimum Gasteiger partial charge on any atom is -0.266 e. The molecule has 0 unspecified atom stereocenters. The summed E-state index contributed by atoms with van der Waals surface area (Å²) < 4.78 is 16.9. The van der Waals surface area contributed by atoms with E-state index < -0.39 is 0 Å². The summed E-state index contributed by atoms with van der Waals surface area (Å²) in [5, 5.41) is 11.5. The largest absolute Gasteiger partial charge is 0.291 e. The van der Waals surface area contributed by atoms with Crippen LogP contribution in [0.3, 0.4) is 0 Å². The number of rotatable bonds is 4. The first-order valence-corrected chi connectivity index (χ1v) is 12.8. The molecule has 3 aromatic heterocycles. The summed E-state index contributed by atoms with van der Waals surface area (Å²) in [5.74, 6) is 0.0445. The van der Waals surface area contributed by atoms with Gasteiger partial charge in [0.25, 0.3) is 5.56 Å². The van der Waals surface area contributed by atoms with Gasteiger partial charge in [0, 0.05) is 22.9 Å². The number of para-hydroxylation sites is 1. The van der Waals surface area contributed by atoms with Crippen molar-refractivity contribution in [3.8, 4) is 28.3 Å². The zero-order valence-corrected chi connectivity index (χ0v) is 20.6. The highest BCUT2D eigenvalue weighted by atomic mass is 32.1. The molecular weight excluding hydrogens is 497 g/mol. The lowest BCUT2D eigenvalue weighted by atomic mass is 10.0. The standard InChI is InChI=1S/C30H18FN5OS/c31-24-14-12-20(13-15-24)28-32-30-36(34-28)29(37)26(38-30)17-23-18-35(25-8-2-1-3-9-25)33-27(23)22-11-10-19-6-4-5-7-21(19)16-22/h1-18H. The van der Waals surface area contributed by atoms with Crippen LogP contribution in [0.25, 0.3) is 50.1 Å². The van der Waals surface area contributed by atoms with Gasteiger partial charge in [-0.3, -0.25) is 4.79 Å². The van der Waals surface area contributed by atoms with Gasteiger partial charge < -0.3 is 0 Å². The molecule has 0 spiro atoms. The molecule has 0 aliphatic rings. The topological polar surface area (TPSA) is 65.1 Å². The minimum atomic E-state index is -0.338. The second-order valence-corrected chi connectivity index (χ2v) is 9.84. The van der Waals surface area contributed by atoms with E-state index >= 15 is 0 Å². The number of nitrogens with zero attached hydrogens (tertiary/aromatic N) is 5. The van der Waals surface area contributed by atoms with Gasteiger partial charge in [0.15, 0.2) is 5.82 Å². The molecule has 0 bridgehead atoms. The molecule has 3 heterocycles. The van der Waals surface area contributed by atoms with Crippen LogP contribution in [0, 0.1) is 5.82 Å². The molecule has 8 heteroatoms. The van der Waals surface area contributed by atoms with Crippen LogP contribution in [0.4, 0.5) is 4.39 Å². The Hall–Kier alpha value is -4.95. The molecule has 0 radical (unpaired) electrons. The Morgan fingerprint density at radius 2 is 1.53 bits per heavy atom. The van der Waals surface area contributed by atoms with E-state index in [1.807, 2.05) is 65.5 Å². The molecule has 38 heavy (non-hydrogen) atoms. The van der Waals surface area contributed by atoms with Gasteiger partial charge in [-0.2, -0.15) is 14.6 Å². The van der Waals surface area contributed by atoms with Gasteiger partial charge in [-0.1, -0.05) is 65.9 Å². The van der Waals surface area contributed by atoms with Crippen molar-refractivity contribution in [1.29, 1.82) is 0 Å². The van der Waals surface area contributed by atoms with Gasteiger partial charge in [-0.15, -0.1) is 5.10 Å². The highest BCUT2D eigenvalue weighted by Crippen LogP contribution is 2.28. The lowest BCUT2D eigenvalue weighted by molar-refractivity contribution is 0.628. The van der Waals surface area contributed by atoms with Crippen LogP contribution >= 0.6 is 11.3 Å². The predicted molar refractivity (Wildman–Crippen MR) is 148 cm³/mol. The molecule has 0 N–H and O–H groups in total. The van der Waals surface area contributed by atoms with Crippen LogP contribution in [0.5, 0.6) is 0 Å². The Morgan fingerprint density at radius 3 is 2.32 bits per heavy atom. The van der Waals surface area contributed by atoms with E-state index in [0.717, 1.165) is 33.3 Å². The molecule has 0 fully saturated rings. The highest BCUT2D eigenvalue weighted by molar-refractivity contribution is 7.15. The van der Waals surface area contributed by atoms with Crippen LogP contribution < -0.4 is 10.1 Å². The molecule has 0 saturated carbocycles. The third kappa shape index (κ3) is 3.88. The number of thiazole rings is 1. The maximum absolute atomic E-state index is 13.3. The summed E-state index contributed by atoms with van der Waals surface area (Å²) in [7, 11) is 0. The van der Waals surface area contributed by atoms with Crippen molar-refractivity contribution in [2.75, 3.05) is 0 Å². The van der Waals surface area contributed by atoms with E-state index in [1.54, 1.807) is 12.1 Å². The summed E-state index contributed by atoms with van der Waals surface area (Å²) >= 11 is 1.26. The average Bonchev–Trinajstić information content (AvgIpc) is 3.64. The Morgan fingerprint density at radius 1 is 0.789 bits per heavy atom. The molecule has 0 atom stereocenters. The number of hydrogen-bond acceptors (Lipinski definition) is 5. The van der Waals surface area contributed by atoms with Gasteiger partial charge in [0.1, 0.15) is 11.5 Å². The molecule has 6 nitrogen and oxygen atoms in total. The maximum Gasteiger partial charge on any atom is 0.291 e. The smallest absolute Gasteiger partial charge is 0.266 e. The first-order chi connectivity index (χ1) is 18.6. The SMILES string of the molecule is O=c1c(=Cc2cn(-c3ccccc3)nc2-c2ccc3ccccc3c2)sc2nc(-c3ccc(F)cc3)nn12. The lowest BCUT2D eigenvalue weighted by Crippen LogP contribution is -2.23. The Kier molecular flexibility index (Phi) is 5.19. The van der Waals surface area contributed by atoms with Gasteiger partial charge >= 0.3 is 0 Å². The molecule has 0 saturated heterocycles. The van der Waals surface area contributed by atoms with Crippen LogP contribution in [0.15, 0.2) is 108 Å². The molecular formula is C30H18FN5OS. The number of fused-ring (bicyclic) bond motifs is 2. The van der Waals surface area contributed by atoms with Crippen molar-refractivity contribution in [1.82, 2.24) is 24.4 Å². The fraction of sp³-hybridized carbons (Fsp3) is 0. The zero-order valence-electron chi connectivity index (χ0n) is 19.8. The van der Waals surface area contributed by atoms with E-state index in [0.29, 0.717) is 20.9 Å². The van der Waals surface area contributed by atoms with Crippen molar-refractivity contribution < 1.29 is 4.39 Å². The minimum absolute atomic E-state index is 0.261. The second kappa shape index (κ2) is 8.86. The number of benzene rings is 4. The first kappa shape index (κ1) is 22.3. The fourth-order valence-electron chi connectivity index (χ4n) is 4.46. The van der Waals surface area contributed by atoms with E-state index in [-0.39, 0.29) is 11.4 Å². The van der Waals surface area contributed by atoms with E-state index in [4.69, 9.17) is 5.10 Å². The highest BCUT2D eigenvalue weighted by Gasteiger charge is 2.15. The molecule has 7 rings (SSSR count). The van der Waals surface area contributed by atoms with Gasteiger partial charge in [0.05, 0.1) is 10.2 Å². The third-order valence-electron chi connectivity index (χ3n) is 6.36. The Labute approximate surface area is 219 Å². The van der Waals surface area contributed by atoms with Crippen LogP contribution in [-0.4, -0.2) is 24.4 Å². The molecule has 7 aromatic rings. The van der Waals surface area contributed by atoms with Crippen LogP contribution in [0.1, 0.15) is 5.56 Å². The van der Waals surface area contributed by atoms with Crippen LogP contribution in [-0.2, 0) is 0 Å². The van der Waals surface area contributed by atoms with Gasteiger partial charge in [-0.05, 0) is 59.3 Å². The average molecular weight is 516 g/mol. The number of halogens is 1. The number of hydrogen-bond donors (Lipinski definition) is 0.